The van der Waals surface area contributed by atoms with Crippen molar-refractivity contribution in [1.82, 2.24) is 4.98 Å². The lowest BCUT2D eigenvalue weighted by atomic mass is 10.4. The van der Waals surface area contributed by atoms with Gasteiger partial charge in [0.2, 0.25) is 5.88 Å². The summed E-state index contributed by atoms with van der Waals surface area (Å²) >= 11 is 0.683. The second-order valence-corrected chi connectivity index (χ2v) is 6.84. The maximum atomic E-state index is 12.1. The van der Waals surface area contributed by atoms with E-state index < -0.39 is 16.0 Å². The van der Waals surface area contributed by atoms with Gasteiger partial charge in [-0.05, 0) is 25.1 Å². The lowest BCUT2D eigenvalue weighted by Gasteiger charge is -2.06. The SMILES string of the molecule is CCOc1ccc(NS(=O)(=O)c2ccc(C(=O)O)s2)cn1. The molecular weight excluding hydrogens is 316 g/mol. The van der Waals surface area contributed by atoms with Gasteiger partial charge in [0.1, 0.15) is 9.09 Å². The highest BCUT2D eigenvalue weighted by Gasteiger charge is 2.19. The van der Waals surface area contributed by atoms with Gasteiger partial charge in [-0.15, -0.1) is 11.3 Å². The number of rotatable bonds is 6. The molecule has 0 unspecified atom stereocenters. The minimum atomic E-state index is -3.83. The molecule has 112 valence electrons. The molecule has 2 N–H and O–H groups in total. The van der Waals surface area contributed by atoms with Crippen LogP contribution in [-0.4, -0.2) is 31.1 Å². The van der Waals surface area contributed by atoms with E-state index in [4.69, 9.17) is 9.84 Å². The molecule has 2 heterocycles. The summed E-state index contributed by atoms with van der Waals surface area (Å²) in [5, 5.41) is 8.81. The molecular formula is C12H12N2O5S2. The molecule has 0 saturated heterocycles. The van der Waals surface area contributed by atoms with Crippen molar-refractivity contribution >= 4 is 33.0 Å². The Hall–Kier alpha value is -2.13. The fourth-order valence-electron chi connectivity index (χ4n) is 1.46. The van der Waals surface area contributed by atoms with Crippen LogP contribution in [0, 0.1) is 0 Å². The van der Waals surface area contributed by atoms with E-state index in [9.17, 15) is 13.2 Å². The van der Waals surface area contributed by atoms with E-state index in [0.717, 1.165) is 0 Å². The van der Waals surface area contributed by atoms with Crippen LogP contribution in [0.15, 0.2) is 34.7 Å². The number of carboxylic acids is 1. The minimum absolute atomic E-state index is 0.0415. The topological polar surface area (TPSA) is 106 Å². The van der Waals surface area contributed by atoms with E-state index in [-0.39, 0.29) is 14.8 Å². The summed E-state index contributed by atoms with van der Waals surface area (Å²) < 4.78 is 31.6. The van der Waals surface area contributed by atoms with E-state index in [1.165, 1.54) is 24.4 Å². The van der Waals surface area contributed by atoms with E-state index in [1.54, 1.807) is 6.07 Å². The Balaban J connectivity index is 2.18. The van der Waals surface area contributed by atoms with Crippen molar-refractivity contribution in [3.05, 3.63) is 35.3 Å². The van der Waals surface area contributed by atoms with E-state index in [0.29, 0.717) is 23.8 Å². The first-order valence-electron chi connectivity index (χ1n) is 5.87. The van der Waals surface area contributed by atoms with Crippen LogP contribution >= 0.6 is 11.3 Å². The van der Waals surface area contributed by atoms with Crippen molar-refractivity contribution in [2.45, 2.75) is 11.1 Å². The number of carboxylic acid groups (broad SMARTS) is 1. The first kappa shape index (κ1) is 15.3. The van der Waals surface area contributed by atoms with Crippen molar-refractivity contribution in [3.8, 4) is 5.88 Å². The second-order valence-electron chi connectivity index (χ2n) is 3.85. The molecule has 0 radical (unpaired) electrons. The number of aromatic carboxylic acids is 1. The van der Waals surface area contributed by atoms with Gasteiger partial charge in [0.25, 0.3) is 10.0 Å². The number of nitrogens with zero attached hydrogens (tertiary/aromatic N) is 1. The summed E-state index contributed by atoms with van der Waals surface area (Å²) in [6.07, 6.45) is 1.33. The molecule has 0 fully saturated rings. The highest BCUT2D eigenvalue weighted by atomic mass is 32.2. The van der Waals surface area contributed by atoms with Crippen LogP contribution in [0.25, 0.3) is 0 Å². The highest BCUT2D eigenvalue weighted by Crippen LogP contribution is 2.24. The maximum Gasteiger partial charge on any atom is 0.345 e. The van der Waals surface area contributed by atoms with Gasteiger partial charge in [0, 0.05) is 6.07 Å². The first-order valence-corrected chi connectivity index (χ1v) is 8.17. The number of carbonyl (C=O) groups is 1. The van der Waals surface area contributed by atoms with Gasteiger partial charge in [-0.1, -0.05) is 0 Å². The number of nitrogens with one attached hydrogen (secondary N) is 1. The molecule has 2 aromatic rings. The molecule has 0 aliphatic heterocycles. The first-order chi connectivity index (χ1) is 9.92. The molecule has 0 aliphatic carbocycles. The highest BCUT2D eigenvalue weighted by molar-refractivity contribution is 7.94. The predicted molar refractivity (Wildman–Crippen MR) is 77.5 cm³/mol. The van der Waals surface area contributed by atoms with Crippen molar-refractivity contribution in [1.29, 1.82) is 0 Å². The molecule has 0 atom stereocenters. The standard InChI is InChI=1S/C12H12N2O5S2/c1-2-19-10-5-3-8(7-13-10)14-21(17,18)11-6-4-9(20-11)12(15)16/h3-7,14H,2H2,1H3,(H,15,16). The Morgan fingerprint density at radius 1 is 1.38 bits per heavy atom. The quantitative estimate of drug-likeness (QED) is 0.840. The van der Waals surface area contributed by atoms with E-state index >= 15 is 0 Å². The molecule has 0 aliphatic rings. The van der Waals surface area contributed by atoms with Gasteiger partial charge in [-0.25, -0.2) is 18.2 Å². The third-order valence-corrected chi connectivity index (χ3v) is 5.28. The summed E-state index contributed by atoms with van der Waals surface area (Å²) in [4.78, 5) is 14.7. The molecule has 0 spiro atoms. The molecule has 0 saturated carbocycles. The maximum absolute atomic E-state index is 12.1. The summed E-state index contributed by atoms with van der Waals surface area (Å²) in [6.45, 7) is 2.28. The lowest BCUT2D eigenvalue weighted by Crippen LogP contribution is -2.11. The number of ether oxygens (including phenoxy) is 1. The van der Waals surface area contributed by atoms with Crippen LogP contribution in [0.1, 0.15) is 16.6 Å². The Bertz CT molecular complexity index is 737. The fourth-order valence-corrected chi connectivity index (χ4v) is 3.65. The van der Waals surface area contributed by atoms with E-state index in [2.05, 4.69) is 9.71 Å². The number of hydrogen-bond donors (Lipinski definition) is 2. The van der Waals surface area contributed by atoms with Crippen LogP contribution in [0.4, 0.5) is 5.69 Å². The summed E-state index contributed by atoms with van der Waals surface area (Å²) in [6, 6.07) is 5.55. The van der Waals surface area contributed by atoms with Crippen LogP contribution in [0.5, 0.6) is 5.88 Å². The monoisotopic (exact) mass is 328 g/mol. The average molecular weight is 328 g/mol. The summed E-state index contributed by atoms with van der Waals surface area (Å²) in [7, 11) is -3.83. The minimum Gasteiger partial charge on any atom is -0.478 e. The van der Waals surface area contributed by atoms with E-state index in [1.807, 2.05) is 6.92 Å². The molecule has 7 nitrogen and oxygen atoms in total. The number of pyridine rings is 1. The van der Waals surface area contributed by atoms with Gasteiger partial charge in [0.05, 0.1) is 18.5 Å². The van der Waals surface area contributed by atoms with Crippen LogP contribution in [0.3, 0.4) is 0 Å². The largest absolute Gasteiger partial charge is 0.478 e. The molecule has 0 bridgehead atoms. The zero-order valence-electron chi connectivity index (χ0n) is 10.9. The number of hydrogen-bond acceptors (Lipinski definition) is 6. The number of anilines is 1. The van der Waals surface area contributed by atoms with Crippen molar-refractivity contribution < 1.29 is 23.1 Å². The van der Waals surface area contributed by atoms with Crippen LogP contribution in [-0.2, 0) is 10.0 Å². The molecule has 0 aromatic carbocycles. The summed E-state index contributed by atoms with van der Waals surface area (Å²) in [5.74, 6) is -0.770. The Morgan fingerprint density at radius 2 is 2.14 bits per heavy atom. The van der Waals surface area contributed by atoms with Crippen molar-refractivity contribution in [3.63, 3.8) is 0 Å². The fraction of sp³-hybridized carbons (Fsp3) is 0.167. The van der Waals surface area contributed by atoms with Crippen LogP contribution < -0.4 is 9.46 Å². The smallest absolute Gasteiger partial charge is 0.345 e. The molecule has 2 aromatic heterocycles. The molecule has 0 amide bonds. The Kier molecular flexibility index (Phi) is 4.43. The third kappa shape index (κ3) is 3.70. The zero-order chi connectivity index (χ0) is 15.5. The number of aromatic nitrogens is 1. The second kappa shape index (κ2) is 6.10. The normalized spacial score (nSPS) is 11.1. The van der Waals surface area contributed by atoms with Gasteiger partial charge in [-0.2, -0.15) is 0 Å². The van der Waals surface area contributed by atoms with Crippen LogP contribution in [0.2, 0.25) is 0 Å². The number of sulfonamides is 1. The predicted octanol–water partition coefficient (Wildman–Crippen LogP) is 2.04. The lowest BCUT2D eigenvalue weighted by molar-refractivity contribution is 0.0702. The Labute approximate surface area is 125 Å². The summed E-state index contributed by atoms with van der Waals surface area (Å²) in [5.41, 5.74) is 0.267. The van der Waals surface area contributed by atoms with Crippen molar-refractivity contribution in [2.75, 3.05) is 11.3 Å². The zero-order valence-corrected chi connectivity index (χ0v) is 12.6. The van der Waals surface area contributed by atoms with Gasteiger partial charge in [0.15, 0.2) is 0 Å². The van der Waals surface area contributed by atoms with Gasteiger partial charge in [-0.3, -0.25) is 4.72 Å². The van der Waals surface area contributed by atoms with Gasteiger partial charge < -0.3 is 9.84 Å². The third-order valence-electron chi connectivity index (χ3n) is 2.34. The average Bonchev–Trinajstić information content (AvgIpc) is 2.92. The molecule has 2 rings (SSSR count). The number of thiophene rings is 1. The van der Waals surface area contributed by atoms with Crippen molar-refractivity contribution in [2.24, 2.45) is 0 Å². The van der Waals surface area contributed by atoms with Gasteiger partial charge >= 0.3 is 5.97 Å². The molecule has 9 heteroatoms. The molecule has 21 heavy (non-hydrogen) atoms. The Morgan fingerprint density at radius 3 is 2.67 bits per heavy atom.